The first-order chi connectivity index (χ1) is 19.5. The van der Waals surface area contributed by atoms with E-state index in [2.05, 4.69) is 14.9 Å². The van der Waals surface area contributed by atoms with Crippen molar-refractivity contribution in [2.24, 2.45) is 0 Å². The number of likely N-dealkylation sites (tertiary alicyclic amines) is 1. The molecule has 2 N–H and O–H groups in total. The van der Waals surface area contributed by atoms with Gasteiger partial charge in [0.25, 0.3) is 0 Å². The predicted octanol–water partition coefficient (Wildman–Crippen LogP) is 4.17. The zero-order valence-electron chi connectivity index (χ0n) is 22.9. The number of nitrogen functional groups attached to an aromatic ring is 1. The highest BCUT2D eigenvalue weighted by Crippen LogP contribution is 2.34. The van der Waals surface area contributed by atoms with Gasteiger partial charge >= 0.3 is 0 Å². The van der Waals surface area contributed by atoms with E-state index in [0.29, 0.717) is 48.8 Å². The number of amides is 1. The van der Waals surface area contributed by atoms with Gasteiger partial charge in [-0.25, -0.2) is 14.6 Å². The van der Waals surface area contributed by atoms with E-state index < -0.39 is 0 Å². The summed E-state index contributed by atoms with van der Waals surface area (Å²) in [6.45, 7) is 3.41. The number of carbonyl (C=O) groups is 1. The lowest BCUT2D eigenvalue weighted by Gasteiger charge is -2.32. The average molecular weight is 542 g/mol. The zero-order valence-corrected chi connectivity index (χ0v) is 22.9. The number of fused-ring (bicyclic) bond motifs is 1. The van der Waals surface area contributed by atoms with Gasteiger partial charge < -0.3 is 25.0 Å². The molecule has 2 aromatic carbocycles. The lowest BCUT2D eigenvalue weighted by atomic mass is 10.1. The first kappa shape index (κ1) is 27.3. The van der Waals surface area contributed by atoms with E-state index in [1.165, 1.54) is 6.33 Å². The third-order valence-electron chi connectivity index (χ3n) is 7.03. The van der Waals surface area contributed by atoms with Crippen LogP contribution in [-0.4, -0.2) is 82.4 Å². The number of aromatic nitrogens is 4. The molecular formula is C30H35N7O3. The molecule has 1 saturated heterocycles. The molecule has 1 aliphatic rings. The minimum absolute atomic E-state index is 0.00433. The number of benzene rings is 2. The maximum atomic E-state index is 13.0. The smallest absolute Gasteiger partial charge is 0.246 e. The fourth-order valence-corrected chi connectivity index (χ4v) is 4.89. The molecule has 40 heavy (non-hydrogen) atoms. The van der Waals surface area contributed by atoms with E-state index in [1.54, 1.807) is 13.2 Å². The fraction of sp³-hybridized carbons (Fsp3) is 0.333. The van der Waals surface area contributed by atoms with E-state index in [-0.39, 0.29) is 11.9 Å². The number of methoxy groups -OCH3 is 1. The molecule has 1 aliphatic heterocycles. The van der Waals surface area contributed by atoms with Gasteiger partial charge in [-0.2, -0.15) is 5.10 Å². The third-order valence-corrected chi connectivity index (χ3v) is 7.03. The highest BCUT2D eigenvalue weighted by atomic mass is 16.5. The van der Waals surface area contributed by atoms with Gasteiger partial charge in [0, 0.05) is 44.9 Å². The second-order valence-corrected chi connectivity index (χ2v) is 9.93. The van der Waals surface area contributed by atoms with Crippen LogP contribution in [0.4, 0.5) is 5.82 Å². The highest BCUT2D eigenvalue weighted by molar-refractivity contribution is 5.98. The Balaban J connectivity index is 1.35. The Kier molecular flexibility index (Phi) is 8.68. The molecule has 0 saturated carbocycles. The van der Waals surface area contributed by atoms with Crippen molar-refractivity contribution in [1.29, 1.82) is 0 Å². The Bertz CT molecular complexity index is 1450. The first-order valence-electron chi connectivity index (χ1n) is 13.5. The minimum Gasteiger partial charge on any atom is -0.457 e. The number of likely N-dealkylation sites (N-methyl/N-ethyl adjacent to an activating group) is 1. The summed E-state index contributed by atoms with van der Waals surface area (Å²) in [5, 5.41) is 5.69. The van der Waals surface area contributed by atoms with Gasteiger partial charge in [-0.15, -0.1) is 0 Å². The molecule has 3 heterocycles. The van der Waals surface area contributed by atoms with Crippen molar-refractivity contribution in [2.75, 3.05) is 52.7 Å². The quantitative estimate of drug-likeness (QED) is 0.298. The van der Waals surface area contributed by atoms with Gasteiger partial charge in [-0.3, -0.25) is 4.79 Å². The van der Waals surface area contributed by atoms with Crippen molar-refractivity contribution in [2.45, 2.75) is 18.9 Å². The maximum absolute atomic E-state index is 13.0. The number of carbonyl (C=O) groups excluding carboxylic acids is 1. The molecule has 0 aliphatic carbocycles. The number of para-hydroxylation sites is 1. The Labute approximate surface area is 234 Å². The summed E-state index contributed by atoms with van der Waals surface area (Å²) in [6, 6.07) is 17.4. The largest absolute Gasteiger partial charge is 0.457 e. The number of anilines is 1. The molecule has 10 nitrogen and oxygen atoms in total. The van der Waals surface area contributed by atoms with Gasteiger partial charge in [0.2, 0.25) is 5.91 Å². The number of nitrogens with zero attached hydrogens (tertiary/aromatic N) is 6. The second-order valence-electron chi connectivity index (χ2n) is 9.93. The van der Waals surface area contributed by atoms with E-state index in [1.807, 2.05) is 77.3 Å². The molecule has 5 rings (SSSR count). The summed E-state index contributed by atoms with van der Waals surface area (Å²) < 4.78 is 13.0. The predicted molar refractivity (Wildman–Crippen MR) is 155 cm³/mol. The van der Waals surface area contributed by atoms with Crippen LogP contribution in [0.1, 0.15) is 18.9 Å². The summed E-state index contributed by atoms with van der Waals surface area (Å²) in [5.41, 5.74) is 8.60. The molecule has 1 fully saturated rings. The summed E-state index contributed by atoms with van der Waals surface area (Å²) in [5.74, 6) is 1.87. The van der Waals surface area contributed by atoms with Crippen LogP contribution in [-0.2, 0) is 9.53 Å². The summed E-state index contributed by atoms with van der Waals surface area (Å²) in [7, 11) is 3.69. The fourth-order valence-electron chi connectivity index (χ4n) is 4.89. The van der Waals surface area contributed by atoms with E-state index >= 15 is 0 Å². The molecule has 0 bridgehead atoms. The number of ether oxygens (including phenoxy) is 2. The van der Waals surface area contributed by atoms with Gasteiger partial charge in [0.05, 0.1) is 18.0 Å². The van der Waals surface area contributed by atoms with Crippen LogP contribution < -0.4 is 10.5 Å². The van der Waals surface area contributed by atoms with Crippen LogP contribution in [0.15, 0.2) is 73.1 Å². The lowest BCUT2D eigenvalue weighted by Crippen LogP contribution is -2.40. The number of nitrogens with two attached hydrogens (primary N) is 1. The Morgan fingerprint density at radius 1 is 1.12 bits per heavy atom. The van der Waals surface area contributed by atoms with Crippen molar-refractivity contribution in [3.63, 3.8) is 0 Å². The Hall–Kier alpha value is -4.28. The molecule has 1 unspecified atom stereocenters. The monoisotopic (exact) mass is 541 g/mol. The molecule has 1 atom stereocenters. The second kappa shape index (κ2) is 12.7. The molecule has 1 amide bonds. The summed E-state index contributed by atoms with van der Waals surface area (Å²) >= 11 is 0. The summed E-state index contributed by atoms with van der Waals surface area (Å²) in [4.78, 5) is 25.8. The molecule has 0 spiro atoms. The standard InChI is InChI=1S/C30H35N7O3/c1-35(18-19-39-2)16-7-11-26(38)36-17-6-8-23(20-36)37-30-27(29(31)32-21-33-30)28(34-37)22-12-14-25(15-13-22)40-24-9-4-3-5-10-24/h3-5,7,9-15,21,23H,6,8,16-20H2,1-2H3,(H2,31,32,33)/b11-7+. The van der Waals surface area contributed by atoms with Gasteiger partial charge in [0.1, 0.15) is 29.3 Å². The van der Waals surface area contributed by atoms with Crippen molar-refractivity contribution >= 4 is 22.8 Å². The first-order valence-corrected chi connectivity index (χ1v) is 13.5. The number of piperidine rings is 1. The Morgan fingerprint density at radius 2 is 1.90 bits per heavy atom. The number of rotatable bonds is 10. The van der Waals surface area contributed by atoms with Crippen LogP contribution in [0.25, 0.3) is 22.3 Å². The third kappa shape index (κ3) is 6.30. The molecule has 4 aromatic rings. The lowest BCUT2D eigenvalue weighted by molar-refractivity contribution is -0.127. The van der Waals surface area contributed by atoms with Crippen LogP contribution in [0.5, 0.6) is 11.5 Å². The SMILES string of the molecule is COCCN(C)C/C=C/C(=O)N1CCCC(n2nc(-c3ccc(Oc4ccccc4)cc3)c3c(N)ncnc32)C1. The molecule has 0 radical (unpaired) electrons. The zero-order chi connectivity index (χ0) is 27.9. The van der Waals surface area contributed by atoms with Gasteiger partial charge in [0.15, 0.2) is 5.65 Å². The average Bonchev–Trinajstić information content (AvgIpc) is 3.38. The van der Waals surface area contributed by atoms with Crippen LogP contribution in [0.2, 0.25) is 0 Å². The van der Waals surface area contributed by atoms with Crippen molar-refractivity contribution in [3.05, 3.63) is 73.1 Å². The molecule has 208 valence electrons. The normalized spacial score (nSPS) is 15.8. The van der Waals surface area contributed by atoms with Crippen LogP contribution >= 0.6 is 0 Å². The minimum atomic E-state index is -0.0262. The van der Waals surface area contributed by atoms with E-state index in [4.69, 9.17) is 20.3 Å². The summed E-state index contributed by atoms with van der Waals surface area (Å²) in [6.07, 6.45) is 6.79. The Morgan fingerprint density at radius 3 is 2.67 bits per heavy atom. The van der Waals surface area contributed by atoms with Crippen molar-refractivity contribution in [1.82, 2.24) is 29.5 Å². The molecule has 10 heteroatoms. The molecule has 2 aromatic heterocycles. The van der Waals surface area contributed by atoms with Crippen LogP contribution in [0, 0.1) is 0 Å². The number of hydrogen-bond donors (Lipinski definition) is 1. The van der Waals surface area contributed by atoms with Gasteiger partial charge in [-0.05, 0) is 56.3 Å². The number of hydrogen-bond acceptors (Lipinski definition) is 8. The maximum Gasteiger partial charge on any atom is 0.246 e. The molecular weight excluding hydrogens is 506 g/mol. The van der Waals surface area contributed by atoms with E-state index in [9.17, 15) is 4.79 Å². The van der Waals surface area contributed by atoms with Crippen LogP contribution in [0.3, 0.4) is 0 Å². The van der Waals surface area contributed by atoms with Gasteiger partial charge in [-0.1, -0.05) is 24.3 Å². The van der Waals surface area contributed by atoms with Crippen molar-refractivity contribution < 1.29 is 14.3 Å². The highest BCUT2D eigenvalue weighted by Gasteiger charge is 2.28. The topological polar surface area (TPSA) is 112 Å². The van der Waals surface area contributed by atoms with E-state index in [0.717, 1.165) is 36.4 Å². The van der Waals surface area contributed by atoms with Crippen molar-refractivity contribution in [3.8, 4) is 22.8 Å².